The fraction of sp³-hybridized carbons (Fsp3) is 0.250. The van der Waals surface area contributed by atoms with Crippen LogP contribution in [0.15, 0.2) is 36.1 Å². The second-order valence-corrected chi connectivity index (χ2v) is 2.34. The Morgan fingerprint density at radius 1 is 1.50 bits per heavy atom. The number of nitrogens with one attached hydrogen (secondary N) is 1. The van der Waals surface area contributed by atoms with Gasteiger partial charge in [-0.2, -0.15) is 0 Å². The zero-order chi connectivity index (χ0) is 6.81. The van der Waals surface area contributed by atoms with Gasteiger partial charge in [0.05, 0.1) is 5.70 Å². The van der Waals surface area contributed by atoms with E-state index in [9.17, 15) is 0 Å². The van der Waals surface area contributed by atoms with E-state index in [1.54, 1.807) is 12.5 Å². The molecule has 0 amide bonds. The maximum atomic E-state index is 5.27. The van der Waals surface area contributed by atoms with Crippen LogP contribution in [0.1, 0.15) is 12.8 Å². The van der Waals surface area contributed by atoms with Crippen molar-refractivity contribution < 1.29 is 4.74 Å². The largest absolute Gasteiger partial charge is 0.466 e. The molecular formula is C8H9NO. The predicted molar refractivity (Wildman–Crippen MR) is 38.8 cm³/mol. The molecule has 2 aliphatic rings. The molecule has 0 saturated heterocycles. The van der Waals surface area contributed by atoms with Gasteiger partial charge in [0.25, 0.3) is 0 Å². The van der Waals surface area contributed by atoms with Crippen molar-refractivity contribution in [2.75, 3.05) is 0 Å². The molecule has 10 heavy (non-hydrogen) atoms. The summed E-state index contributed by atoms with van der Waals surface area (Å²) in [6, 6.07) is 0. The molecule has 0 aromatic carbocycles. The lowest BCUT2D eigenvalue weighted by Gasteiger charge is -2.17. The third-order valence-electron chi connectivity index (χ3n) is 1.64. The second kappa shape index (κ2) is 2.21. The molecule has 1 heterocycles. The van der Waals surface area contributed by atoms with Gasteiger partial charge in [0, 0.05) is 12.6 Å². The van der Waals surface area contributed by atoms with Gasteiger partial charge in [-0.05, 0) is 12.5 Å². The van der Waals surface area contributed by atoms with Crippen LogP contribution >= 0.6 is 0 Å². The fourth-order valence-corrected chi connectivity index (χ4v) is 1.13. The quantitative estimate of drug-likeness (QED) is 0.545. The summed E-state index contributed by atoms with van der Waals surface area (Å²) in [5, 5.41) is 3.11. The first kappa shape index (κ1) is 5.59. The molecule has 1 aliphatic heterocycles. The first-order valence-corrected chi connectivity index (χ1v) is 3.45. The highest BCUT2D eigenvalue weighted by Gasteiger charge is 2.09. The average molecular weight is 135 g/mol. The number of hydrogen-bond donors (Lipinski definition) is 1. The van der Waals surface area contributed by atoms with Crippen LogP contribution in [0.25, 0.3) is 0 Å². The highest BCUT2D eigenvalue weighted by molar-refractivity contribution is 5.27. The van der Waals surface area contributed by atoms with Gasteiger partial charge in [-0.15, -0.1) is 0 Å². The van der Waals surface area contributed by atoms with Gasteiger partial charge in [0.1, 0.15) is 12.0 Å². The van der Waals surface area contributed by atoms with Crippen LogP contribution in [-0.4, -0.2) is 0 Å². The molecule has 52 valence electrons. The Balaban J connectivity index is 2.25. The Bertz CT molecular complexity index is 225. The third kappa shape index (κ3) is 0.817. The van der Waals surface area contributed by atoms with Crippen LogP contribution in [0.2, 0.25) is 0 Å². The smallest absolute Gasteiger partial charge is 0.127 e. The molecule has 0 saturated carbocycles. The lowest BCUT2D eigenvalue weighted by molar-refractivity contribution is 0.314. The molecule has 0 radical (unpaired) electrons. The van der Waals surface area contributed by atoms with Gasteiger partial charge in [-0.3, -0.25) is 0 Å². The molecule has 2 nitrogen and oxygen atoms in total. The van der Waals surface area contributed by atoms with E-state index in [0.717, 1.165) is 24.3 Å². The van der Waals surface area contributed by atoms with Gasteiger partial charge in [0.2, 0.25) is 0 Å². The molecule has 0 spiro atoms. The van der Waals surface area contributed by atoms with E-state index in [0.29, 0.717) is 0 Å². The standard InChI is InChI=1S/C8H9NO/c1-2-4-8-7(3-1)9-5-6-10-8/h1,3,5-6,9H,2,4H2. The first-order valence-electron chi connectivity index (χ1n) is 3.45. The van der Waals surface area contributed by atoms with Gasteiger partial charge < -0.3 is 10.1 Å². The Kier molecular flexibility index (Phi) is 1.24. The fourth-order valence-electron chi connectivity index (χ4n) is 1.13. The average Bonchev–Trinajstić information content (AvgIpc) is 2.05. The topological polar surface area (TPSA) is 21.3 Å². The SMILES string of the molecule is C1=CC2=C(CC1)OC=CN2. The first-order chi connectivity index (χ1) is 4.97. The maximum absolute atomic E-state index is 5.27. The molecule has 0 fully saturated rings. The predicted octanol–water partition coefficient (Wildman–Crippen LogP) is 1.64. The Labute approximate surface area is 59.9 Å². The van der Waals surface area contributed by atoms with E-state index in [4.69, 9.17) is 4.74 Å². The molecule has 2 heteroatoms. The van der Waals surface area contributed by atoms with Crippen molar-refractivity contribution in [2.24, 2.45) is 0 Å². The molecule has 1 aliphatic carbocycles. The number of rotatable bonds is 0. The monoisotopic (exact) mass is 135 g/mol. The van der Waals surface area contributed by atoms with Crippen molar-refractivity contribution in [2.45, 2.75) is 12.8 Å². The summed E-state index contributed by atoms with van der Waals surface area (Å²) in [6.45, 7) is 0. The Hall–Kier alpha value is -1.18. The minimum absolute atomic E-state index is 1.02. The molecule has 0 unspecified atom stereocenters. The van der Waals surface area contributed by atoms with Crippen LogP contribution in [0.5, 0.6) is 0 Å². The summed E-state index contributed by atoms with van der Waals surface area (Å²) in [7, 11) is 0. The Morgan fingerprint density at radius 2 is 2.50 bits per heavy atom. The number of ether oxygens (including phenoxy) is 1. The van der Waals surface area contributed by atoms with E-state index in [2.05, 4.69) is 17.5 Å². The minimum Gasteiger partial charge on any atom is -0.466 e. The van der Waals surface area contributed by atoms with E-state index < -0.39 is 0 Å². The van der Waals surface area contributed by atoms with E-state index in [-0.39, 0.29) is 0 Å². The summed E-state index contributed by atoms with van der Waals surface area (Å²) in [5.74, 6) is 1.06. The molecule has 0 aromatic rings. The van der Waals surface area contributed by atoms with Crippen LogP contribution in [-0.2, 0) is 4.74 Å². The molecular weight excluding hydrogens is 126 g/mol. The van der Waals surface area contributed by atoms with Crippen LogP contribution in [0, 0.1) is 0 Å². The molecule has 0 atom stereocenters. The van der Waals surface area contributed by atoms with Crippen molar-refractivity contribution in [3.8, 4) is 0 Å². The van der Waals surface area contributed by atoms with Gasteiger partial charge in [0.15, 0.2) is 0 Å². The minimum atomic E-state index is 1.02. The van der Waals surface area contributed by atoms with Crippen LogP contribution < -0.4 is 5.32 Å². The van der Waals surface area contributed by atoms with E-state index in [1.165, 1.54) is 0 Å². The number of allylic oxidation sites excluding steroid dienone is 3. The summed E-state index contributed by atoms with van der Waals surface area (Å²) in [4.78, 5) is 0. The molecule has 1 N–H and O–H groups in total. The normalized spacial score (nSPS) is 21.6. The number of hydrogen-bond acceptors (Lipinski definition) is 2. The van der Waals surface area contributed by atoms with Crippen molar-refractivity contribution in [1.82, 2.24) is 5.32 Å². The van der Waals surface area contributed by atoms with Crippen molar-refractivity contribution in [3.63, 3.8) is 0 Å². The highest BCUT2D eigenvalue weighted by atomic mass is 16.5. The van der Waals surface area contributed by atoms with E-state index in [1.807, 2.05) is 0 Å². The van der Waals surface area contributed by atoms with E-state index >= 15 is 0 Å². The summed E-state index contributed by atoms with van der Waals surface area (Å²) >= 11 is 0. The van der Waals surface area contributed by atoms with Gasteiger partial charge in [-0.25, -0.2) is 0 Å². The highest BCUT2D eigenvalue weighted by Crippen LogP contribution is 2.20. The Morgan fingerprint density at radius 3 is 3.40 bits per heavy atom. The summed E-state index contributed by atoms with van der Waals surface area (Å²) in [5.41, 5.74) is 1.11. The van der Waals surface area contributed by atoms with Gasteiger partial charge in [-0.1, -0.05) is 6.08 Å². The van der Waals surface area contributed by atoms with Gasteiger partial charge >= 0.3 is 0 Å². The summed E-state index contributed by atoms with van der Waals surface area (Å²) < 4.78 is 5.27. The zero-order valence-electron chi connectivity index (χ0n) is 5.63. The molecule has 0 aromatic heterocycles. The second-order valence-electron chi connectivity index (χ2n) is 2.34. The van der Waals surface area contributed by atoms with Crippen molar-refractivity contribution in [1.29, 1.82) is 0 Å². The van der Waals surface area contributed by atoms with Crippen molar-refractivity contribution >= 4 is 0 Å². The zero-order valence-corrected chi connectivity index (χ0v) is 5.63. The molecule has 2 rings (SSSR count). The van der Waals surface area contributed by atoms with Crippen LogP contribution in [0.3, 0.4) is 0 Å². The third-order valence-corrected chi connectivity index (χ3v) is 1.64. The maximum Gasteiger partial charge on any atom is 0.127 e. The summed E-state index contributed by atoms with van der Waals surface area (Å²) in [6.07, 6.45) is 9.79. The van der Waals surface area contributed by atoms with Crippen LogP contribution in [0.4, 0.5) is 0 Å². The lowest BCUT2D eigenvalue weighted by atomic mass is 10.1. The lowest BCUT2D eigenvalue weighted by Crippen LogP contribution is -2.13. The molecule has 0 bridgehead atoms. The van der Waals surface area contributed by atoms with Crippen molar-refractivity contribution in [3.05, 3.63) is 36.1 Å².